The molecule has 10 rings (SSSR count). The zero-order chi connectivity index (χ0) is 93.1. The van der Waals surface area contributed by atoms with E-state index in [1.807, 2.05) is 27.7 Å². The zero-order valence-corrected chi connectivity index (χ0v) is 75.7. The molecule has 2 aliphatic carbocycles. The van der Waals surface area contributed by atoms with Crippen molar-refractivity contribution in [2.75, 3.05) is 80.8 Å². The summed E-state index contributed by atoms with van der Waals surface area (Å²) in [5.41, 5.74) is 1.15. The number of amides is 12. The number of benzene rings is 4. The van der Waals surface area contributed by atoms with Gasteiger partial charge in [-0.3, -0.25) is 71.9 Å². The summed E-state index contributed by atoms with van der Waals surface area (Å²) < 4.78 is 35.6. The molecule has 6 aliphatic rings. The lowest BCUT2D eigenvalue weighted by Gasteiger charge is -2.37. The molecule has 2 saturated heterocycles. The minimum absolute atomic E-state index is 0.0218. The maximum Gasteiger partial charge on any atom is 0.309 e. The van der Waals surface area contributed by atoms with Crippen LogP contribution in [0.1, 0.15) is 192 Å². The highest BCUT2D eigenvalue weighted by atomic mass is 16.6. The summed E-state index contributed by atoms with van der Waals surface area (Å²) in [7, 11) is 6.22. The topological polar surface area (TPSA) is 441 Å². The van der Waals surface area contributed by atoms with E-state index in [0.29, 0.717) is 124 Å². The second-order valence-corrected chi connectivity index (χ2v) is 36.2. The largest absolute Gasteiger partial charge is 0.493 e. The van der Waals surface area contributed by atoms with E-state index in [4.69, 9.17) is 28.4 Å². The maximum absolute atomic E-state index is 14.9. The number of hydrogen-bond donors (Lipinski definition) is 9. The molecule has 128 heavy (non-hydrogen) atoms. The molecule has 4 aromatic carbocycles. The summed E-state index contributed by atoms with van der Waals surface area (Å²) in [6, 6.07) is 22.9. The van der Waals surface area contributed by atoms with E-state index < -0.39 is 162 Å². The summed E-state index contributed by atoms with van der Waals surface area (Å²) in [4.78, 5) is 209. The van der Waals surface area contributed by atoms with E-state index in [0.717, 1.165) is 0 Å². The number of aliphatic hydroxyl groups excluding tert-OH is 1. The Morgan fingerprint density at radius 3 is 1.31 bits per heavy atom. The van der Waals surface area contributed by atoms with Gasteiger partial charge < -0.3 is 95.7 Å². The number of esters is 2. The Bertz CT molecular complexity index is 4500. The number of likely N-dealkylation sites (N-methyl/N-ethyl adjacent to an activating group) is 2. The highest BCUT2D eigenvalue weighted by Gasteiger charge is 2.49. The second-order valence-electron chi connectivity index (χ2n) is 36.2. The van der Waals surface area contributed by atoms with Crippen molar-refractivity contribution in [2.24, 2.45) is 23.7 Å². The fraction of sp³-hybridized carbons (Fsp3) is 0.585. The van der Waals surface area contributed by atoms with Crippen LogP contribution in [0.25, 0.3) is 0 Å². The number of ether oxygens (including phenoxy) is 6. The van der Waals surface area contributed by atoms with Crippen LogP contribution in [0, 0.1) is 23.7 Å². The second kappa shape index (κ2) is 47.6. The van der Waals surface area contributed by atoms with Gasteiger partial charge in [0.25, 0.3) is 11.8 Å². The van der Waals surface area contributed by atoms with Gasteiger partial charge in [-0.05, 0) is 164 Å². The monoisotopic (exact) mass is 1780 g/mol. The third-order valence-electron chi connectivity index (χ3n) is 23.3. The highest BCUT2D eigenvalue weighted by molar-refractivity contribution is 6.38. The summed E-state index contributed by atoms with van der Waals surface area (Å²) in [5, 5.41) is 32.8. The number of Topliss-reactive ketones (excluding diaryl/α,β-unsaturated/α-hetero) is 1. The van der Waals surface area contributed by atoms with E-state index >= 15 is 0 Å². The molecular weight excluding hydrogens is 1650 g/mol. The number of carbonyl (C=O) groups excluding carboxylic acids is 15. The molecule has 34 nitrogen and oxygen atoms in total. The SMILES string of the molecule is CCCC(NC(=O)[C@@H]1C[C@@H]2CN1C(=O)[C@H](C1CCC(C(=O)OC(C)(C)C)CC1)NC(=O)Cc1cccc(c1)OCCCO2)C(=O)C(=O)NCC(=O)N[C@H](C(=O)N(C)C)c1ccccc1.CCCC(NC(=O)[C@@H]1C[C@@H]2CN1C(=O)[C@H](C1CCC(C(=O)OC(C)(C)C)CC1)NC(=O)Cc1cccc(c1)OCCCO2)C(O)C(=O)NCC(=O)N[C@H](C(=O)N(C)C)c1ccccc1. The number of nitrogens with one attached hydrogen (secondary N) is 8. The quantitative estimate of drug-likeness (QED) is 0.0298. The Morgan fingerprint density at radius 2 is 0.914 bits per heavy atom. The molecule has 3 unspecified atom stereocenters. The van der Waals surface area contributed by atoms with Crippen LogP contribution in [0.5, 0.6) is 11.5 Å². The molecule has 12 amide bonds. The molecule has 4 heterocycles. The number of fused-ring (bicyclic) bond motifs is 8. The van der Waals surface area contributed by atoms with Crippen molar-refractivity contribution >= 4 is 88.6 Å². The van der Waals surface area contributed by atoms with Gasteiger partial charge in [0.1, 0.15) is 59.0 Å². The predicted octanol–water partition coefficient (Wildman–Crippen LogP) is 4.88. The summed E-state index contributed by atoms with van der Waals surface area (Å²) in [5.74, 6) is -9.09. The molecule has 4 aliphatic heterocycles. The van der Waals surface area contributed by atoms with Crippen molar-refractivity contribution in [3.63, 3.8) is 0 Å². The summed E-state index contributed by atoms with van der Waals surface area (Å²) in [6.07, 6.45) is 2.97. The van der Waals surface area contributed by atoms with Gasteiger partial charge in [-0.1, -0.05) is 112 Å². The lowest BCUT2D eigenvalue weighted by Crippen LogP contribution is -2.59. The van der Waals surface area contributed by atoms with Gasteiger partial charge in [0.2, 0.25) is 64.9 Å². The van der Waals surface area contributed by atoms with Crippen molar-refractivity contribution < 1.29 is 105 Å². The molecule has 2 saturated carbocycles. The third kappa shape index (κ3) is 29.9. The Kier molecular flexibility index (Phi) is 37.3. The van der Waals surface area contributed by atoms with E-state index in [1.54, 1.807) is 165 Å². The van der Waals surface area contributed by atoms with Gasteiger partial charge >= 0.3 is 11.9 Å². The fourth-order valence-corrected chi connectivity index (χ4v) is 16.8. The van der Waals surface area contributed by atoms with Gasteiger partial charge in [-0.2, -0.15) is 0 Å². The molecule has 0 aromatic heterocycles. The Morgan fingerprint density at radius 1 is 0.508 bits per heavy atom. The Labute approximate surface area is 748 Å². The van der Waals surface area contributed by atoms with E-state index in [-0.39, 0.29) is 106 Å². The van der Waals surface area contributed by atoms with Gasteiger partial charge in [0, 0.05) is 67.0 Å². The molecule has 4 aromatic rings. The van der Waals surface area contributed by atoms with Crippen molar-refractivity contribution in [1.29, 1.82) is 0 Å². The van der Waals surface area contributed by atoms with Crippen molar-refractivity contribution in [2.45, 2.75) is 249 Å². The smallest absolute Gasteiger partial charge is 0.309 e. The molecule has 0 radical (unpaired) electrons. The third-order valence-corrected chi connectivity index (χ3v) is 23.3. The standard InChI is InChI=1S/C47H66N6O11.C47H64N6O11/c2*1-7-13-35(41(56)43(58)48-27-38(55)51-39(44(59)52(5)6)30-15-9-8-10-16-30)49-42(57)36-26-34-28-53(36)45(60)40(31-18-20-32(21-19-31)46(61)64-47(2,3)4)50-37(54)25-29-14-11-17-33(24-29)62-22-12-23-63-34/h8-11,14-17,24,31-32,34-36,39-41,56H,7,12-13,18-23,25-28H2,1-6H3,(H,48,58)(H,49,57)(H,50,54)(H,51,55);8-11,14-17,24,31-32,34-36,39-40H,7,12-13,18-23,25-28H2,1-6H3,(H,48,58)(H,49,57)(H,50,54)(H,51,55)/t31?,32?,34-,35?,36+,39+,40+,41?;31?,32?,34-,35?,36+,39+,40+/m11/s1. The van der Waals surface area contributed by atoms with Crippen molar-refractivity contribution in [1.82, 2.24) is 62.1 Å². The maximum atomic E-state index is 14.9. The minimum Gasteiger partial charge on any atom is -0.493 e. The van der Waals surface area contributed by atoms with Gasteiger partial charge in [0.05, 0.1) is 88.5 Å². The number of hydrogen-bond acceptors (Lipinski definition) is 22. The zero-order valence-electron chi connectivity index (χ0n) is 75.7. The molecule has 8 bridgehead atoms. The minimum atomic E-state index is -1.78. The first-order valence-electron chi connectivity index (χ1n) is 44.7. The fourth-order valence-electron chi connectivity index (χ4n) is 16.8. The molecule has 11 atom stereocenters. The van der Waals surface area contributed by atoms with E-state index in [9.17, 15) is 77.0 Å². The van der Waals surface area contributed by atoms with Crippen LogP contribution in [0.3, 0.4) is 0 Å². The van der Waals surface area contributed by atoms with Crippen LogP contribution >= 0.6 is 0 Å². The predicted molar refractivity (Wildman–Crippen MR) is 469 cm³/mol. The van der Waals surface area contributed by atoms with Gasteiger partial charge in [-0.15, -0.1) is 0 Å². The number of rotatable bonds is 26. The van der Waals surface area contributed by atoms with E-state index in [2.05, 4.69) is 42.5 Å². The van der Waals surface area contributed by atoms with Crippen LogP contribution in [-0.2, 0) is 104 Å². The molecule has 698 valence electrons. The first kappa shape index (κ1) is 100. The van der Waals surface area contributed by atoms with Crippen LogP contribution < -0.4 is 52.0 Å². The lowest BCUT2D eigenvalue weighted by molar-refractivity contribution is -0.162. The molecule has 4 fully saturated rings. The molecular formula is C94H130N12O22. The summed E-state index contributed by atoms with van der Waals surface area (Å²) in [6.45, 7) is 14.6. The number of ketones is 1. The van der Waals surface area contributed by atoms with Crippen LogP contribution in [0.2, 0.25) is 0 Å². The highest BCUT2D eigenvalue weighted by Crippen LogP contribution is 2.38. The van der Waals surface area contributed by atoms with Crippen molar-refractivity contribution in [3.05, 3.63) is 131 Å². The Hall–Kier alpha value is -11.4. The first-order valence-corrected chi connectivity index (χ1v) is 44.7. The van der Waals surface area contributed by atoms with Gasteiger partial charge in [-0.25, -0.2) is 0 Å². The number of carbonyl (C=O) groups is 15. The van der Waals surface area contributed by atoms with Crippen LogP contribution in [0.15, 0.2) is 109 Å². The van der Waals surface area contributed by atoms with Crippen LogP contribution in [0.4, 0.5) is 0 Å². The summed E-state index contributed by atoms with van der Waals surface area (Å²) >= 11 is 0. The molecule has 0 spiro atoms. The average molecular weight is 1780 g/mol. The number of aliphatic hydroxyl groups is 1. The van der Waals surface area contributed by atoms with Crippen LogP contribution in [-0.4, -0.2) is 260 Å². The normalized spacial score (nSPS) is 23.0. The first-order chi connectivity index (χ1) is 60.9. The average Bonchev–Trinajstić information content (AvgIpc) is 1.65. The van der Waals surface area contributed by atoms with Crippen molar-refractivity contribution in [3.8, 4) is 11.5 Å². The van der Waals surface area contributed by atoms with Gasteiger partial charge in [0.15, 0.2) is 6.10 Å². The molecule has 34 heteroatoms. The lowest BCUT2D eigenvalue weighted by atomic mass is 9.78. The Balaban J connectivity index is 0.000000289. The molecule has 9 N–H and O–H groups in total. The van der Waals surface area contributed by atoms with E-state index in [1.165, 1.54) is 19.6 Å². The number of nitrogens with zero attached hydrogens (tertiary/aromatic N) is 4.